The third-order valence-electron chi connectivity index (χ3n) is 11.7. The summed E-state index contributed by atoms with van der Waals surface area (Å²) in [5, 5.41) is 26.4. The summed E-state index contributed by atoms with van der Waals surface area (Å²) < 4.78 is 12.7. The second-order valence-electron chi connectivity index (χ2n) is 14.0. The molecule has 3 N–H and O–H groups in total. The van der Waals surface area contributed by atoms with E-state index in [1.807, 2.05) is 45.0 Å². The predicted octanol–water partition coefficient (Wildman–Crippen LogP) is 5.24. The molecular weight excluding hydrogens is 542 g/mol. The standard InChI is InChI=1S/C33H44ClNO6/c1-18(2)26-13-22-14-31(16-36)25-10-9-19(3)24(25)15-32(22,33(26,31)30(38)39)17-40-29-28(37)35-23(11-20(4)41-29)12-21-7-5-6-8-27(21)34/h5-8,13,16,18-20,22-25,28-29,35,37H,9-12,14-15,17H2,1-4H3,(H,38,39)/t19-,20-,22+,23?,24-,25-,28-,29-,31+,32+,33+/m1/s1. The van der Waals surface area contributed by atoms with Crippen LogP contribution in [0.4, 0.5) is 0 Å². The third-order valence-corrected chi connectivity index (χ3v) is 12.1. The highest BCUT2D eigenvalue weighted by Gasteiger charge is 2.84. The molecule has 8 heteroatoms. The average molecular weight is 586 g/mol. The number of aliphatic hydroxyl groups excluding tert-OH is 1. The maximum absolute atomic E-state index is 13.7. The van der Waals surface area contributed by atoms with Crippen molar-refractivity contribution in [2.45, 2.75) is 90.9 Å². The van der Waals surface area contributed by atoms with Gasteiger partial charge in [-0.1, -0.05) is 68.6 Å². The van der Waals surface area contributed by atoms with Gasteiger partial charge in [-0.25, -0.2) is 0 Å². The fraction of sp³-hybridized carbons (Fsp3) is 0.697. The van der Waals surface area contributed by atoms with Crippen LogP contribution in [0.1, 0.15) is 65.4 Å². The Bertz CT molecular complexity index is 1240. The highest BCUT2D eigenvalue weighted by molar-refractivity contribution is 6.31. The molecule has 11 atom stereocenters. The van der Waals surface area contributed by atoms with Crippen LogP contribution in [0.3, 0.4) is 0 Å². The minimum Gasteiger partial charge on any atom is -0.481 e. The summed E-state index contributed by atoms with van der Waals surface area (Å²) >= 11 is 6.41. The number of carboxylic acid groups (broad SMARTS) is 1. The number of benzene rings is 1. The lowest BCUT2D eigenvalue weighted by Gasteiger charge is -2.58. The molecule has 4 aliphatic carbocycles. The highest BCUT2D eigenvalue weighted by atomic mass is 35.5. The number of fused-ring (bicyclic) bond motifs is 2. The Balaban J connectivity index is 1.31. The lowest BCUT2D eigenvalue weighted by atomic mass is 9.43. The van der Waals surface area contributed by atoms with Gasteiger partial charge in [-0.15, -0.1) is 0 Å². The Morgan fingerprint density at radius 3 is 2.68 bits per heavy atom. The fourth-order valence-electron chi connectivity index (χ4n) is 10.2. The molecule has 1 saturated heterocycles. The van der Waals surface area contributed by atoms with Gasteiger partial charge in [-0.2, -0.15) is 0 Å². The van der Waals surface area contributed by atoms with Crippen molar-refractivity contribution in [2.24, 2.45) is 45.8 Å². The van der Waals surface area contributed by atoms with E-state index < -0.39 is 34.7 Å². The average Bonchev–Trinajstić information content (AvgIpc) is 3.45. The molecule has 1 unspecified atom stereocenters. The van der Waals surface area contributed by atoms with Crippen molar-refractivity contribution >= 4 is 23.9 Å². The molecule has 1 aromatic rings. The molecule has 1 aliphatic heterocycles. The Morgan fingerprint density at radius 2 is 2.00 bits per heavy atom. The summed E-state index contributed by atoms with van der Waals surface area (Å²) in [7, 11) is 0. The zero-order valence-corrected chi connectivity index (χ0v) is 25.3. The van der Waals surface area contributed by atoms with Crippen molar-refractivity contribution in [1.29, 1.82) is 0 Å². The van der Waals surface area contributed by atoms with Crippen molar-refractivity contribution in [3.05, 3.63) is 46.5 Å². The molecule has 6 rings (SSSR count). The van der Waals surface area contributed by atoms with Crippen LogP contribution in [0.25, 0.3) is 0 Å². The lowest BCUT2D eigenvalue weighted by Crippen LogP contribution is -2.64. The minimum absolute atomic E-state index is 0.00236. The number of carboxylic acids is 1. The molecule has 4 bridgehead atoms. The quantitative estimate of drug-likeness (QED) is 0.283. The molecule has 5 aliphatic rings. The Morgan fingerprint density at radius 1 is 1.24 bits per heavy atom. The SMILES string of the molecule is CC(C)C1=C[C@H]2C[C@]3(C=O)[C@@H]4CC[C@@H](C)[C@H]4C[C@@]2(CO[C@@H]2O[C@H](C)CC(Cc4ccccc4Cl)N[C@@H]2O)[C@]13C(=O)O. The van der Waals surface area contributed by atoms with Gasteiger partial charge >= 0.3 is 5.97 Å². The number of ether oxygens (including phenoxy) is 2. The van der Waals surface area contributed by atoms with Crippen LogP contribution < -0.4 is 5.32 Å². The van der Waals surface area contributed by atoms with Crippen LogP contribution in [-0.4, -0.2) is 53.7 Å². The van der Waals surface area contributed by atoms with Gasteiger partial charge in [0.15, 0.2) is 12.5 Å². The van der Waals surface area contributed by atoms with E-state index in [9.17, 15) is 19.8 Å². The van der Waals surface area contributed by atoms with Crippen molar-refractivity contribution in [3.8, 4) is 0 Å². The summed E-state index contributed by atoms with van der Waals surface area (Å²) in [4.78, 5) is 26.9. The normalized spacial score (nSPS) is 44.9. The number of nitrogens with one attached hydrogen (secondary N) is 1. The number of aldehydes is 1. The summed E-state index contributed by atoms with van der Waals surface area (Å²) in [6, 6.07) is 7.62. The summed E-state index contributed by atoms with van der Waals surface area (Å²) in [6.07, 6.45) is 5.40. The molecule has 0 aromatic heterocycles. The van der Waals surface area contributed by atoms with E-state index >= 15 is 0 Å². The molecule has 1 aromatic carbocycles. The van der Waals surface area contributed by atoms with Crippen LogP contribution in [0.2, 0.25) is 5.02 Å². The van der Waals surface area contributed by atoms with Gasteiger partial charge in [0.05, 0.1) is 18.1 Å². The van der Waals surface area contributed by atoms with Crippen LogP contribution in [0.15, 0.2) is 35.9 Å². The van der Waals surface area contributed by atoms with Gasteiger partial charge in [0.2, 0.25) is 0 Å². The zero-order valence-electron chi connectivity index (χ0n) is 24.5. The van der Waals surface area contributed by atoms with E-state index in [1.54, 1.807) is 0 Å². The van der Waals surface area contributed by atoms with Gasteiger partial charge in [0.25, 0.3) is 0 Å². The molecule has 41 heavy (non-hydrogen) atoms. The monoisotopic (exact) mass is 585 g/mol. The van der Waals surface area contributed by atoms with Crippen molar-refractivity contribution in [1.82, 2.24) is 5.32 Å². The van der Waals surface area contributed by atoms with Crippen molar-refractivity contribution in [2.75, 3.05) is 6.61 Å². The molecule has 7 nitrogen and oxygen atoms in total. The maximum Gasteiger partial charge on any atom is 0.315 e. The van der Waals surface area contributed by atoms with Gasteiger partial charge in [0, 0.05) is 16.5 Å². The number of aliphatic carboxylic acids is 1. The molecule has 0 amide bonds. The topological polar surface area (TPSA) is 105 Å². The molecule has 4 fully saturated rings. The minimum atomic E-state index is -1.31. The highest BCUT2D eigenvalue weighted by Crippen LogP contribution is 2.82. The molecule has 1 heterocycles. The van der Waals surface area contributed by atoms with Gasteiger partial charge in [-0.3, -0.25) is 10.1 Å². The number of hydrogen-bond acceptors (Lipinski definition) is 6. The molecule has 0 radical (unpaired) electrons. The Kier molecular flexibility index (Phi) is 7.47. The van der Waals surface area contributed by atoms with Crippen LogP contribution in [0.5, 0.6) is 0 Å². The van der Waals surface area contributed by atoms with Crippen LogP contribution in [0, 0.1) is 45.8 Å². The van der Waals surface area contributed by atoms with Gasteiger partial charge in [-0.05, 0) is 80.2 Å². The van der Waals surface area contributed by atoms with Crippen molar-refractivity contribution < 1.29 is 29.3 Å². The van der Waals surface area contributed by atoms with E-state index in [0.717, 1.165) is 30.3 Å². The largest absolute Gasteiger partial charge is 0.481 e. The number of hydrogen-bond donors (Lipinski definition) is 3. The number of halogens is 1. The number of carbonyl (C=O) groups excluding carboxylic acids is 1. The molecular formula is C33H44ClNO6. The van der Waals surface area contributed by atoms with E-state index in [2.05, 4.69) is 18.3 Å². The Labute approximate surface area is 248 Å². The van der Waals surface area contributed by atoms with E-state index in [-0.39, 0.29) is 42.4 Å². The number of allylic oxidation sites excluding steroid dienone is 1. The van der Waals surface area contributed by atoms with E-state index in [1.165, 1.54) is 0 Å². The number of carbonyl (C=O) groups is 2. The summed E-state index contributed by atoms with van der Waals surface area (Å²) in [5.74, 6) is -0.203. The number of aliphatic hydroxyl groups is 1. The zero-order chi connectivity index (χ0) is 29.3. The first-order valence-corrected chi connectivity index (χ1v) is 15.7. The fourth-order valence-corrected chi connectivity index (χ4v) is 10.4. The van der Waals surface area contributed by atoms with Gasteiger partial charge < -0.3 is 24.5 Å². The summed E-state index contributed by atoms with van der Waals surface area (Å²) in [6.45, 7) is 8.41. The first kappa shape index (κ1) is 29.3. The van der Waals surface area contributed by atoms with E-state index in [0.29, 0.717) is 36.6 Å². The van der Waals surface area contributed by atoms with Crippen LogP contribution >= 0.6 is 11.6 Å². The van der Waals surface area contributed by atoms with E-state index in [4.69, 9.17) is 21.1 Å². The van der Waals surface area contributed by atoms with Gasteiger partial charge in [0.1, 0.15) is 11.7 Å². The predicted molar refractivity (Wildman–Crippen MR) is 155 cm³/mol. The molecule has 224 valence electrons. The van der Waals surface area contributed by atoms with Crippen LogP contribution in [-0.2, 0) is 25.5 Å². The first-order chi connectivity index (χ1) is 19.5. The second kappa shape index (κ2) is 10.4. The second-order valence-corrected chi connectivity index (χ2v) is 14.4. The first-order valence-electron chi connectivity index (χ1n) is 15.4. The maximum atomic E-state index is 13.7. The Hall–Kier alpha value is -1.77. The van der Waals surface area contributed by atoms with Crippen molar-refractivity contribution in [3.63, 3.8) is 0 Å². The smallest absolute Gasteiger partial charge is 0.315 e. The third kappa shape index (κ3) is 4.06. The molecule has 3 saturated carbocycles. The number of rotatable bonds is 8. The molecule has 0 spiro atoms. The lowest BCUT2D eigenvalue weighted by molar-refractivity contribution is -0.240. The summed E-state index contributed by atoms with van der Waals surface area (Å²) in [5.41, 5.74) is -1.15.